The summed E-state index contributed by atoms with van der Waals surface area (Å²) in [7, 11) is 0. The van der Waals surface area contributed by atoms with Crippen molar-refractivity contribution in [2.45, 2.75) is 109 Å². The van der Waals surface area contributed by atoms with Crippen LogP contribution in [0.5, 0.6) is 0 Å². The van der Waals surface area contributed by atoms with E-state index in [1.54, 1.807) is 16.7 Å². The van der Waals surface area contributed by atoms with Gasteiger partial charge in [0.2, 0.25) is 0 Å². The molecule has 0 aromatic heterocycles. The van der Waals surface area contributed by atoms with Crippen LogP contribution in [0.4, 0.5) is 0 Å². The second-order valence-electron chi connectivity index (χ2n) is 8.84. The minimum atomic E-state index is 0.516. The average molecular weight is 327 g/mol. The van der Waals surface area contributed by atoms with Gasteiger partial charge in [0.1, 0.15) is 0 Å². The Hall–Kier alpha value is -0.780. The van der Waals surface area contributed by atoms with Crippen molar-refractivity contribution in [3.05, 3.63) is 34.9 Å². The fraction of sp³-hybridized carbons (Fsp3) is 0.750. The van der Waals surface area contributed by atoms with Gasteiger partial charge in [0.05, 0.1) is 0 Å². The van der Waals surface area contributed by atoms with E-state index in [-0.39, 0.29) is 0 Å². The minimum Gasteiger partial charge on any atom is -0.0654 e. The van der Waals surface area contributed by atoms with Crippen LogP contribution in [0.3, 0.4) is 0 Å². The van der Waals surface area contributed by atoms with E-state index in [0.29, 0.717) is 5.41 Å². The van der Waals surface area contributed by atoms with Gasteiger partial charge in [-0.2, -0.15) is 0 Å². The molecule has 1 aromatic carbocycles. The van der Waals surface area contributed by atoms with E-state index < -0.39 is 0 Å². The number of hydrogen-bond acceptors (Lipinski definition) is 0. The Morgan fingerprint density at radius 2 is 1.75 bits per heavy atom. The molecule has 0 heteroatoms. The van der Waals surface area contributed by atoms with Crippen molar-refractivity contribution in [3.63, 3.8) is 0 Å². The van der Waals surface area contributed by atoms with Crippen LogP contribution >= 0.6 is 0 Å². The van der Waals surface area contributed by atoms with Crippen LogP contribution in [-0.4, -0.2) is 0 Å². The second-order valence-corrected chi connectivity index (χ2v) is 8.84. The van der Waals surface area contributed by atoms with Gasteiger partial charge in [-0.25, -0.2) is 0 Å². The smallest absolute Gasteiger partial charge is 0.00469 e. The molecule has 1 saturated carbocycles. The van der Waals surface area contributed by atoms with Crippen LogP contribution in [0.1, 0.15) is 108 Å². The fourth-order valence-electron chi connectivity index (χ4n) is 5.25. The SMILES string of the molecule is CCCCCCCC1(c2ccc3c(c2)CCC(C)C3)CCCCC1. The molecule has 0 spiro atoms. The fourth-order valence-corrected chi connectivity index (χ4v) is 5.25. The van der Waals surface area contributed by atoms with Gasteiger partial charge in [-0.1, -0.05) is 83.4 Å². The topological polar surface area (TPSA) is 0 Å². The molecule has 24 heavy (non-hydrogen) atoms. The molecule has 134 valence electrons. The van der Waals surface area contributed by atoms with Gasteiger partial charge >= 0.3 is 0 Å². The highest BCUT2D eigenvalue weighted by Gasteiger charge is 2.33. The number of unbranched alkanes of at least 4 members (excludes halogenated alkanes) is 4. The molecular formula is C24H38. The zero-order valence-electron chi connectivity index (χ0n) is 16.2. The van der Waals surface area contributed by atoms with Crippen LogP contribution in [0.25, 0.3) is 0 Å². The van der Waals surface area contributed by atoms with E-state index in [4.69, 9.17) is 0 Å². The first-order valence-corrected chi connectivity index (χ1v) is 10.9. The molecule has 1 aromatic rings. The van der Waals surface area contributed by atoms with Crippen molar-refractivity contribution < 1.29 is 0 Å². The maximum absolute atomic E-state index is 2.64. The summed E-state index contributed by atoms with van der Waals surface area (Å²) in [4.78, 5) is 0. The first kappa shape index (κ1) is 18.0. The molecule has 3 rings (SSSR count). The highest BCUT2D eigenvalue weighted by atomic mass is 14.4. The molecule has 0 nitrogen and oxygen atoms in total. The summed E-state index contributed by atoms with van der Waals surface area (Å²) < 4.78 is 0. The molecule has 0 N–H and O–H groups in total. The zero-order chi connectivity index (χ0) is 16.8. The van der Waals surface area contributed by atoms with Crippen molar-refractivity contribution in [2.24, 2.45) is 5.92 Å². The summed E-state index contributed by atoms with van der Waals surface area (Å²) in [5.74, 6) is 0.880. The van der Waals surface area contributed by atoms with Crippen LogP contribution in [0.15, 0.2) is 18.2 Å². The van der Waals surface area contributed by atoms with Crippen LogP contribution in [-0.2, 0) is 18.3 Å². The maximum atomic E-state index is 2.64. The Bertz CT molecular complexity index is 507. The maximum Gasteiger partial charge on any atom is -0.00469 e. The Labute approximate surface area is 150 Å². The van der Waals surface area contributed by atoms with E-state index in [1.807, 2.05) is 0 Å². The minimum absolute atomic E-state index is 0.516. The molecule has 0 saturated heterocycles. The lowest BCUT2D eigenvalue weighted by molar-refractivity contribution is 0.265. The Morgan fingerprint density at radius 3 is 2.54 bits per heavy atom. The summed E-state index contributed by atoms with van der Waals surface area (Å²) in [5.41, 5.74) is 5.54. The summed E-state index contributed by atoms with van der Waals surface area (Å²) in [6.07, 6.45) is 19.8. The molecule has 1 atom stereocenters. The third kappa shape index (κ3) is 4.24. The molecule has 0 aliphatic heterocycles. The van der Waals surface area contributed by atoms with Crippen molar-refractivity contribution >= 4 is 0 Å². The van der Waals surface area contributed by atoms with E-state index in [0.717, 1.165) is 5.92 Å². The monoisotopic (exact) mass is 326 g/mol. The molecule has 0 radical (unpaired) electrons. The van der Waals surface area contributed by atoms with Gasteiger partial charge in [0.25, 0.3) is 0 Å². The highest BCUT2D eigenvalue weighted by molar-refractivity contribution is 5.38. The lowest BCUT2D eigenvalue weighted by Crippen LogP contribution is -2.29. The molecular weight excluding hydrogens is 288 g/mol. The number of hydrogen-bond donors (Lipinski definition) is 0. The summed E-state index contributed by atoms with van der Waals surface area (Å²) >= 11 is 0. The van der Waals surface area contributed by atoms with E-state index in [2.05, 4.69) is 32.0 Å². The first-order valence-electron chi connectivity index (χ1n) is 10.9. The van der Waals surface area contributed by atoms with Crippen molar-refractivity contribution in [2.75, 3.05) is 0 Å². The van der Waals surface area contributed by atoms with Crippen LogP contribution in [0, 0.1) is 5.92 Å². The average Bonchev–Trinajstić information content (AvgIpc) is 2.62. The Kier molecular flexibility index (Phi) is 6.42. The molecule has 0 heterocycles. The van der Waals surface area contributed by atoms with Crippen molar-refractivity contribution in [1.82, 2.24) is 0 Å². The van der Waals surface area contributed by atoms with Gasteiger partial charge < -0.3 is 0 Å². The third-order valence-electron chi connectivity index (χ3n) is 6.86. The third-order valence-corrected chi connectivity index (χ3v) is 6.86. The number of aryl methyl sites for hydroxylation is 1. The predicted octanol–water partition coefficient (Wildman–Crippen LogP) is 7.37. The van der Waals surface area contributed by atoms with E-state index >= 15 is 0 Å². The lowest BCUT2D eigenvalue weighted by Gasteiger charge is -2.39. The van der Waals surface area contributed by atoms with Crippen molar-refractivity contribution in [3.8, 4) is 0 Å². The number of benzene rings is 1. The van der Waals surface area contributed by atoms with Gasteiger partial charge in [0.15, 0.2) is 0 Å². The molecule has 2 aliphatic carbocycles. The highest BCUT2D eigenvalue weighted by Crippen LogP contribution is 2.44. The van der Waals surface area contributed by atoms with Gasteiger partial charge in [-0.3, -0.25) is 0 Å². The molecule has 0 amide bonds. The first-order chi connectivity index (χ1) is 11.7. The van der Waals surface area contributed by atoms with E-state index in [9.17, 15) is 0 Å². The summed E-state index contributed by atoms with van der Waals surface area (Å²) in [6.45, 7) is 4.73. The Morgan fingerprint density at radius 1 is 0.958 bits per heavy atom. The summed E-state index contributed by atoms with van der Waals surface area (Å²) in [6, 6.07) is 7.65. The lowest BCUT2D eigenvalue weighted by atomic mass is 9.66. The molecule has 0 bridgehead atoms. The van der Waals surface area contributed by atoms with Crippen LogP contribution in [0.2, 0.25) is 0 Å². The molecule has 2 aliphatic rings. The number of rotatable bonds is 7. The number of fused-ring (bicyclic) bond motifs is 1. The van der Waals surface area contributed by atoms with Gasteiger partial charge in [0, 0.05) is 0 Å². The Balaban J connectivity index is 1.73. The predicted molar refractivity (Wildman–Crippen MR) is 106 cm³/mol. The van der Waals surface area contributed by atoms with Gasteiger partial charge in [-0.15, -0.1) is 0 Å². The van der Waals surface area contributed by atoms with Crippen molar-refractivity contribution in [1.29, 1.82) is 0 Å². The van der Waals surface area contributed by atoms with E-state index in [1.165, 1.54) is 89.9 Å². The second kappa shape index (κ2) is 8.54. The standard InChI is InChI=1S/C24H38/c1-3-4-5-6-8-15-24(16-9-7-10-17-24)23-14-13-21-18-20(2)11-12-22(21)19-23/h13-14,19-20H,3-12,15-18H2,1-2H3. The largest absolute Gasteiger partial charge is 0.0654 e. The zero-order valence-corrected chi connectivity index (χ0v) is 16.2. The molecule has 1 unspecified atom stereocenters. The normalized spacial score (nSPS) is 23.0. The summed E-state index contributed by atoms with van der Waals surface area (Å²) in [5, 5.41) is 0. The molecule has 1 fully saturated rings. The van der Waals surface area contributed by atoms with Crippen LogP contribution < -0.4 is 0 Å². The quantitative estimate of drug-likeness (QED) is 0.459. The van der Waals surface area contributed by atoms with Gasteiger partial charge in [-0.05, 0) is 66.5 Å².